The van der Waals surface area contributed by atoms with Crippen LogP contribution in [0.1, 0.15) is 16.1 Å². The zero-order chi connectivity index (χ0) is 19.6. The first-order chi connectivity index (χ1) is 13.0. The van der Waals surface area contributed by atoms with Gasteiger partial charge in [0.15, 0.2) is 0 Å². The maximum absolute atomic E-state index is 14.2. The maximum Gasteiger partial charge on any atom is 0.150 e. The molecule has 27 heavy (non-hydrogen) atoms. The molecule has 1 unspecified atom stereocenters. The highest BCUT2D eigenvalue weighted by Gasteiger charge is 2.17. The standard InChI is InChI=1S/C21H21FN2O2S/c1-14-21(16-4-3-5-18(11-16)27(2)26)19-10-15(13-25)6-7-20(19)24(14)12-17(22)8-9-23/h3-8,10-11,13H,9,12,23H2,1-2H3/b17-8-. The summed E-state index contributed by atoms with van der Waals surface area (Å²) >= 11 is 0. The molecule has 0 saturated heterocycles. The Kier molecular flexibility index (Phi) is 5.68. The second-order valence-electron chi connectivity index (χ2n) is 6.31. The summed E-state index contributed by atoms with van der Waals surface area (Å²) < 4.78 is 28.0. The highest BCUT2D eigenvalue weighted by Crippen LogP contribution is 2.36. The molecule has 0 amide bonds. The number of hydrogen-bond acceptors (Lipinski definition) is 3. The lowest BCUT2D eigenvalue weighted by molar-refractivity contribution is 0.112. The zero-order valence-corrected chi connectivity index (χ0v) is 16.1. The number of fused-ring (bicyclic) bond motifs is 1. The highest BCUT2D eigenvalue weighted by molar-refractivity contribution is 7.84. The third-order valence-electron chi connectivity index (χ3n) is 4.59. The molecule has 1 atom stereocenters. The average Bonchev–Trinajstić information content (AvgIpc) is 2.93. The fraction of sp³-hybridized carbons (Fsp3) is 0.190. The minimum atomic E-state index is -1.11. The Hall–Kier alpha value is -2.57. The van der Waals surface area contributed by atoms with Crippen LogP contribution < -0.4 is 5.73 Å². The Labute approximate surface area is 159 Å². The van der Waals surface area contributed by atoms with Crippen molar-refractivity contribution in [2.75, 3.05) is 12.8 Å². The third kappa shape index (κ3) is 3.77. The molecule has 0 spiro atoms. The molecule has 3 rings (SSSR count). The van der Waals surface area contributed by atoms with Crippen LogP contribution in [0, 0.1) is 6.92 Å². The van der Waals surface area contributed by atoms with Gasteiger partial charge in [-0.1, -0.05) is 12.1 Å². The van der Waals surface area contributed by atoms with Gasteiger partial charge in [0, 0.05) is 56.2 Å². The number of hydrogen-bond donors (Lipinski definition) is 1. The van der Waals surface area contributed by atoms with Crippen LogP contribution >= 0.6 is 0 Å². The van der Waals surface area contributed by atoms with Crippen molar-refractivity contribution in [2.45, 2.75) is 18.4 Å². The number of halogens is 1. The van der Waals surface area contributed by atoms with Gasteiger partial charge in [0.1, 0.15) is 12.1 Å². The third-order valence-corrected chi connectivity index (χ3v) is 5.50. The van der Waals surface area contributed by atoms with Crippen molar-refractivity contribution in [1.29, 1.82) is 0 Å². The topological polar surface area (TPSA) is 65.1 Å². The van der Waals surface area contributed by atoms with Crippen LogP contribution in [-0.4, -0.2) is 27.9 Å². The largest absolute Gasteiger partial charge is 0.337 e. The van der Waals surface area contributed by atoms with E-state index in [4.69, 9.17) is 5.73 Å². The molecule has 1 aromatic heterocycles. The highest BCUT2D eigenvalue weighted by atomic mass is 32.2. The number of nitrogens with zero attached hydrogens (tertiary/aromatic N) is 1. The van der Waals surface area contributed by atoms with Gasteiger partial charge < -0.3 is 10.3 Å². The molecule has 0 aliphatic heterocycles. The van der Waals surface area contributed by atoms with Crippen molar-refractivity contribution in [3.63, 3.8) is 0 Å². The monoisotopic (exact) mass is 384 g/mol. The Morgan fingerprint density at radius 3 is 2.70 bits per heavy atom. The van der Waals surface area contributed by atoms with Gasteiger partial charge in [0.25, 0.3) is 0 Å². The molecule has 0 aliphatic rings. The first-order valence-electron chi connectivity index (χ1n) is 8.52. The molecule has 0 fully saturated rings. The molecule has 6 heteroatoms. The van der Waals surface area contributed by atoms with Crippen molar-refractivity contribution < 1.29 is 13.4 Å². The SMILES string of the molecule is Cc1c(-c2cccc(S(C)=O)c2)c2cc(C=O)ccc2n1C/C(F)=C/CN. The Bertz CT molecular complexity index is 1070. The summed E-state index contributed by atoms with van der Waals surface area (Å²) in [5, 5.41) is 0.858. The summed E-state index contributed by atoms with van der Waals surface area (Å²) in [7, 11) is -1.11. The normalized spacial score (nSPS) is 13.1. The number of rotatable bonds is 6. The van der Waals surface area contributed by atoms with Crippen LogP contribution in [0.25, 0.3) is 22.0 Å². The Balaban J connectivity index is 2.29. The average molecular weight is 384 g/mol. The minimum absolute atomic E-state index is 0.0688. The second-order valence-corrected chi connectivity index (χ2v) is 7.69. The lowest BCUT2D eigenvalue weighted by Crippen LogP contribution is -2.03. The number of aldehydes is 1. The van der Waals surface area contributed by atoms with Crippen molar-refractivity contribution in [3.05, 3.63) is 65.6 Å². The summed E-state index contributed by atoms with van der Waals surface area (Å²) in [5.74, 6) is -0.313. The van der Waals surface area contributed by atoms with E-state index < -0.39 is 10.8 Å². The van der Waals surface area contributed by atoms with E-state index in [1.807, 2.05) is 41.8 Å². The van der Waals surface area contributed by atoms with E-state index in [9.17, 15) is 13.4 Å². The van der Waals surface area contributed by atoms with Crippen molar-refractivity contribution in [1.82, 2.24) is 4.57 Å². The van der Waals surface area contributed by atoms with E-state index in [1.54, 1.807) is 18.4 Å². The Morgan fingerprint density at radius 2 is 2.04 bits per heavy atom. The minimum Gasteiger partial charge on any atom is -0.337 e. The van der Waals surface area contributed by atoms with Gasteiger partial charge >= 0.3 is 0 Å². The molecular weight excluding hydrogens is 363 g/mol. The first kappa shape index (κ1) is 19.2. The molecule has 2 aromatic carbocycles. The van der Waals surface area contributed by atoms with Crippen molar-refractivity contribution in [2.24, 2.45) is 5.73 Å². The van der Waals surface area contributed by atoms with Crippen LogP contribution in [0.15, 0.2) is 59.3 Å². The van der Waals surface area contributed by atoms with Gasteiger partial charge in [-0.25, -0.2) is 4.39 Å². The zero-order valence-electron chi connectivity index (χ0n) is 15.2. The molecular formula is C21H21FN2O2S. The summed E-state index contributed by atoms with van der Waals surface area (Å²) in [4.78, 5) is 12.0. The van der Waals surface area contributed by atoms with E-state index in [2.05, 4.69) is 0 Å². The van der Waals surface area contributed by atoms with Crippen molar-refractivity contribution in [3.8, 4) is 11.1 Å². The van der Waals surface area contributed by atoms with Crippen molar-refractivity contribution >= 4 is 28.0 Å². The number of benzene rings is 2. The summed E-state index contributed by atoms with van der Waals surface area (Å²) in [6, 6.07) is 12.8. The molecule has 3 aromatic rings. The molecule has 0 bridgehead atoms. The van der Waals surface area contributed by atoms with E-state index in [1.165, 1.54) is 6.08 Å². The fourth-order valence-electron chi connectivity index (χ4n) is 3.32. The van der Waals surface area contributed by atoms with Crippen LogP contribution in [0.5, 0.6) is 0 Å². The second kappa shape index (κ2) is 7.98. The van der Waals surface area contributed by atoms with Crippen LogP contribution in [0.4, 0.5) is 4.39 Å². The van der Waals surface area contributed by atoms with Gasteiger partial charge in [-0.15, -0.1) is 0 Å². The first-order valence-corrected chi connectivity index (χ1v) is 10.1. The van der Waals surface area contributed by atoms with Gasteiger partial charge in [0.05, 0.1) is 6.54 Å². The predicted molar refractivity (Wildman–Crippen MR) is 108 cm³/mol. The molecule has 0 saturated carbocycles. The van der Waals surface area contributed by atoms with Gasteiger partial charge in [-0.05, 0) is 48.9 Å². The smallest absolute Gasteiger partial charge is 0.150 e. The molecule has 0 aliphatic carbocycles. The summed E-state index contributed by atoms with van der Waals surface area (Å²) in [6.07, 6.45) is 3.78. The Morgan fingerprint density at radius 1 is 1.26 bits per heavy atom. The maximum atomic E-state index is 14.2. The van der Waals surface area contributed by atoms with Gasteiger partial charge in [-0.2, -0.15) is 0 Å². The number of carbonyl (C=O) groups is 1. The lowest BCUT2D eigenvalue weighted by atomic mass is 10.0. The predicted octanol–water partition coefficient (Wildman–Crippen LogP) is 3.98. The van der Waals surface area contributed by atoms with Crippen LogP contribution in [-0.2, 0) is 17.3 Å². The number of allylic oxidation sites excluding steroid dienone is 1. The summed E-state index contributed by atoms with van der Waals surface area (Å²) in [6.45, 7) is 2.12. The number of carbonyl (C=O) groups excluding carboxylic acids is 1. The molecule has 140 valence electrons. The molecule has 1 heterocycles. The van der Waals surface area contributed by atoms with E-state index >= 15 is 0 Å². The molecule has 0 radical (unpaired) electrons. The lowest BCUT2D eigenvalue weighted by Gasteiger charge is -2.08. The summed E-state index contributed by atoms with van der Waals surface area (Å²) in [5.41, 5.74) is 9.46. The molecule has 4 nitrogen and oxygen atoms in total. The quantitative estimate of drug-likeness (QED) is 0.654. The van der Waals surface area contributed by atoms with E-state index in [0.717, 1.165) is 34.0 Å². The van der Waals surface area contributed by atoms with Crippen LogP contribution in [0.3, 0.4) is 0 Å². The van der Waals surface area contributed by atoms with E-state index in [0.29, 0.717) is 10.5 Å². The number of aromatic nitrogens is 1. The molecule has 2 N–H and O–H groups in total. The van der Waals surface area contributed by atoms with Gasteiger partial charge in [0.2, 0.25) is 0 Å². The fourth-order valence-corrected chi connectivity index (χ4v) is 3.88. The van der Waals surface area contributed by atoms with E-state index in [-0.39, 0.29) is 18.9 Å². The van der Waals surface area contributed by atoms with Crippen LogP contribution in [0.2, 0.25) is 0 Å². The number of nitrogens with two attached hydrogens (primary N) is 1. The van der Waals surface area contributed by atoms with Gasteiger partial charge in [-0.3, -0.25) is 9.00 Å².